The highest BCUT2D eigenvalue weighted by molar-refractivity contribution is 5.93. The largest absolute Gasteiger partial charge is 0.496 e. The van der Waals surface area contributed by atoms with Crippen molar-refractivity contribution in [3.05, 3.63) is 66.2 Å². The molecule has 2 aromatic carbocycles. The average Bonchev–Trinajstić information content (AvgIpc) is 3.20. The summed E-state index contributed by atoms with van der Waals surface area (Å²) in [5, 5.41) is 6.47. The van der Waals surface area contributed by atoms with E-state index in [-0.39, 0.29) is 17.8 Å². The van der Waals surface area contributed by atoms with Crippen molar-refractivity contribution < 1.29 is 22.7 Å². The quantitative estimate of drug-likeness (QED) is 0.694. The molecular formula is C19H17F3N4O2. The van der Waals surface area contributed by atoms with Crippen molar-refractivity contribution in [2.24, 2.45) is 0 Å². The van der Waals surface area contributed by atoms with Crippen molar-refractivity contribution in [3.63, 3.8) is 0 Å². The van der Waals surface area contributed by atoms with Crippen LogP contribution in [0.3, 0.4) is 0 Å². The monoisotopic (exact) mass is 390 g/mol. The predicted octanol–water partition coefficient (Wildman–Crippen LogP) is 3.87. The van der Waals surface area contributed by atoms with Crippen LogP contribution in [0.2, 0.25) is 0 Å². The van der Waals surface area contributed by atoms with Gasteiger partial charge in [0, 0.05) is 6.42 Å². The SMILES string of the molecule is COc1ccccc1CCC(=O)Nc1cc(C(F)(F)F)ccc1-n1cncn1. The van der Waals surface area contributed by atoms with Crippen LogP contribution in [0.5, 0.6) is 5.75 Å². The summed E-state index contributed by atoms with van der Waals surface area (Å²) in [4.78, 5) is 16.2. The number of methoxy groups -OCH3 is 1. The molecule has 0 bridgehead atoms. The molecule has 0 saturated heterocycles. The second-order valence-electron chi connectivity index (χ2n) is 5.93. The number of benzene rings is 2. The van der Waals surface area contributed by atoms with Gasteiger partial charge in [-0.25, -0.2) is 9.67 Å². The van der Waals surface area contributed by atoms with E-state index in [1.165, 1.54) is 30.5 Å². The molecule has 0 spiro atoms. The van der Waals surface area contributed by atoms with Crippen LogP contribution in [0, 0.1) is 0 Å². The number of carbonyl (C=O) groups is 1. The molecule has 0 radical (unpaired) electrons. The maximum absolute atomic E-state index is 13.1. The number of ether oxygens (including phenoxy) is 1. The number of rotatable bonds is 6. The first-order valence-electron chi connectivity index (χ1n) is 8.36. The molecular weight excluding hydrogens is 373 g/mol. The zero-order valence-electron chi connectivity index (χ0n) is 14.9. The number of amides is 1. The van der Waals surface area contributed by atoms with Gasteiger partial charge in [0.25, 0.3) is 0 Å². The van der Waals surface area contributed by atoms with Crippen LogP contribution in [0.1, 0.15) is 17.5 Å². The van der Waals surface area contributed by atoms with Gasteiger partial charge in [-0.15, -0.1) is 0 Å². The van der Waals surface area contributed by atoms with E-state index in [0.717, 1.165) is 17.7 Å². The maximum atomic E-state index is 13.1. The number of alkyl halides is 3. The van der Waals surface area contributed by atoms with Crippen LogP contribution in [0.4, 0.5) is 18.9 Å². The molecule has 1 heterocycles. The molecule has 0 atom stereocenters. The first-order valence-corrected chi connectivity index (χ1v) is 8.36. The van der Waals surface area contributed by atoms with Crippen LogP contribution in [0.25, 0.3) is 5.69 Å². The molecule has 146 valence electrons. The van der Waals surface area contributed by atoms with Gasteiger partial charge in [0.15, 0.2) is 0 Å². The minimum Gasteiger partial charge on any atom is -0.496 e. The van der Waals surface area contributed by atoms with E-state index in [2.05, 4.69) is 15.4 Å². The van der Waals surface area contributed by atoms with Gasteiger partial charge >= 0.3 is 6.18 Å². The van der Waals surface area contributed by atoms with Crippen LogP contribution in [-0.2, 0) is 17.4 Å². The summed E-state index contributed by atoms with van der Waals surface area (Å²) in [5.74, 6) is 0.226. The molecule has 1 N–H and O–H groups in total. The normalized spacial score (nSPS) is 11.3. The molecule has 1 amide bonds. The Hall–Kier alpha value is -3.36. The Morgan fingerprint density at radius 2 is 2.00 bits per heavy atom. The van der Waals surface area contributed by atoms with Crippen molar-refractivity contribution >= 4 is 11.6 Å². The molecule has 28 heavy (non-hydrogen) atoms. The highest BCUT2D eigenvalue weighted by atomic mass is 19.4. The summed E-state index contributed by atoms with van der Waals surface area (Å²) in [6.07, 6.45) is -1.48. The van der Waals surface area contributed by atoms with Crippen LogP contribution in [0.15, 0.2) is 55.1 Å². The second-order valence-corrected chi connectivity index (χ2v) is 5.93. The summed E-state index contributed by atoms with van der Waals surface area (Å²) in [5.41, 5.74) is 0.263. The Kier molecular flexibility index (Phi) is 5.62. The van der Waals surface area contributed by atoms with Gasteiger partial charge in [0.05, 0.1) is 24.0 Å². The standard InChI is InChI=1S/C19H17F3N4O2/c1-28-17-5-3-2-4-13(17)6-9-18(27)25-15-10-14(19(20,21)22)7-8-16(15)26-12-23-11-24-26/h2-5,7-8,10-12H,6,9H2,1H3,(H,25,27). The Labute approximate surface area is 159 Å². The fraction of sp³-hybridized carbons (Fsp3) is 0.211. The van der Waals surface area contributed by atoms with Crippen molar-refractivity contribution in [2.75, 3.05) is 12.4 Å². The van der Waals surface area contributed by atoms with E-state index in [4.69, 9.17) is 4.74 Å². The number of hydrogen-bond acceptors (Lipinski definition) is 4. The minimum atomic E-state index is -4.53. The molecule has 0 saturated carbocycles. The van der Waals surface area contributed by atoms with Gasteiger partial charge in [-0.05, 0) is 36.2 Å². The van der Waals surface area contributed by atoms with Gasteiger partial charge in [-0.2, -0.15) is 18.3 Å². The number of carbonyl (C=O) groups excluding carboxylic acids is 1. The van der Waals surface area contributed by atoms with E-state index >= 15 is 0 Å². The van der Waals surface area contributed by atoms with E-state index < -0.39 is 17.6 Å². The molecule has 9 heteroatoms. The Bertz CT molecular complexity index is 956. The summed E-state index contributed by atoms with van der Waals surface area (Å²) < 4.78 is 45.7. The lowest BCUT2D eigenvalue weighted by atomic mass is 10.1. The molecule has 1 aromatic heterocycles. The maximum Gasteiger partial charge on any atom is 0.416 e. The first-order chi connectivity index (χ1) is 13.4. The van der Waals surface area contributed by atoms with Crippen molar-refractivity contribution in [1.82, 2.24) is 14.8 Å². The number of anilines is 1. The summed E-state index contributed by atoms with van der Waals surface area (Å²) >= 11 is 0. The summed E-state index contributed by atoms with van der Waals surface area (Å²) in [6, 6.07) is 10.3. The van der Waals surface area contributed by atoms with Gasteiger partial charge in [0.1, 0.15) is 18.4 Å². The van der Waals surface area contributed by atoms with E-state index in [1.54, 1.807) is 6.07 Å². The first kappa shape index (κ1) is 19.4. The van der Waals surface area contributed by atoms with Gasteiger partial charge in [-0.3, -0.25) is 4.79 Å². The number of aromatic nitrogens is 3. The molecule has 0 aliphatic rings. The Morgan fingerprint density at radius 1 is 1.21 bits per heavy atom. The van der Waals surface area contributed by atoms with E-state index in [9.17, 15) is 18.0 Å². The molecule has 0 aliphatic carbocycles. The summed E-state index contributed by atoms with van der Waals surface area (Å²) in [7, 11) is 1.53. The third-order valence-corrected chi connectivity index (χ3v) is 4.08. The third kappa shape index (κ3) is 4.48. The molecule has 3 rings (SSSR count). The Morgan fingerprint density at radius 3 is 2.68 bits per heavy atom. The van der Waals surface area contributed by atoms with Gasteiger partial charge in [0.2, 0.25) is 5.91 Å². The van der Waals surface area contributed by atoms with Crippen LogP contribution in [-0.4, -0.2) is 27.8 Å². The highest BCUT2D eigenvalue weighted by Gasteiger charge is 2.31. The Balaban J connectivity index is 1.80. The number of para-hydroxylation sites is 1. The lowest BCUT2D eigenvalue weighted by Crippen LogP contribution is -2.16. The zero-order valence-corrected chi connectivity index (χ0v) is 14.9. The second kappa shape index (κ2) is 8.12. The number of aryl methyl sites for hydroxylation is 1. The topological polar surface area (TPSA) is 69.0 Å². The van der Waals surface area contributed by atoms with Crippen molar-refractivity contribution in [3.8, 4) is 11.4 Å². The smallest absolute Gasteiger partial charge is 0.416 e. The molecule has 3 aromatic rings. The van der Waals surface area contributed by atoms with Crippen LogP contribution >= 0.6 is 0 Å². The lowest BCUT2D eigenvalue weighted by Gasteiger charge is -2.14. The fourth-order valence-electron chi connectivity index (χ4n) is 2.72. The number of hydrogen-bond donors (Lipinski definition) is 1. The molecule has 0 fully saturated rings. The van der Waals surface area contributed by atoms with Crippen molar-refractivity contribution in [1.29, 1.82) is 0 Å². The molecule has 0 unspecified atom stereocenters. The third-order valence-electron chi connectivity index (χ3n) is 4.08. The zero-order chi connectivity index (χ0) is 20.1. The summed E-state index contributed by atoms with van der Waals surface area (Å²) in [6.45, 7) is 0. The average molecular weight is 390 g/mol. The number of halogens is 3. The van der Waals surface area contributed by atoms with Crippen LogP contribution < -0.4 is 10.1 Å². The fourth-order valence-corrected chi connectivity index (χ4v) is 2.72. The minimum absolute atomic E-state index is 0.00496. The number of nitrogens with one attached hydrogen (secondary N) is 1. The van der Waals surface area contributed by atoms with E-state index in [1.807, 2.05) is 18.2 Å². The highest BCUT2D eigenvalue weighted by Crippen LogP contribution is 2.33. The van der Waals surface area contributed by atoms with Gasteiger partial charge in [-0.1, -0.05) is 18.2 Å². The van der Waals surface area contributed by atoms with E-state index in [0.29, 0.717) is 12.2 Å². The lowest BCUT2D eigenvalue weighted by molar-refractivity contribution is -0.137. The molecule has 6 nitrogen and oxygen atoms in total. The number of nitrogens with zero attached hydrogens (tertiary/aromatic N) is 3. The predicted molar refractivity (Wildman–Crippen MR) is 96.3 cm³/mol. The van der Waals surface area contributed by atoms with Gasteiger partial charge < -0.3 is 10.1 Å². The van der Waals surface area contributed by atoms with Crippen molar-refractivity contribution in [2.45, 2.75) is 19.0 Å². The molecule has 0 aliphatic heterocycles.